The second kappa shape index (κ2) is 10.7. The Bertz CT molecular complexity index is 909. The summed E-state index contributed by atoms with van der Waals surface area (Å²) in [5.41, 5.74) is 3.06. The van der Waals surface area contributed by atoms with Crippen LogP contribution in [0.1, 0.15) is 11.4 Å². The summed E-state index contributed by atoms with van der Waals surface area (Å²) in [4.78, 5) is 8.84. The number of methoxy groups -OCH3 is 1. The lowest BCUT2D eigenvalue weighted by atomic mass is 10.3. The predicted molar refractivity (Wildman–Crippen MR) is 122 cm³/mol. The van der Waals surface area contributed by atoms with E-state index in [1.54, 1.807) is 14.2 Å². The van der Waals surface area contributed by atoms with Crippen molar-refractivity contribution in [2.45, 2.75) is 13.5 Å². The summed E-state index contributed by atoms with van der Waals surface area (Å²) in [6.45, 7) is 3.83. The van der Waals surface area contributed by atoms with Gasteiger partial charge in [0.15, 0.2) is 5.96 Å². The van der Waals surface area contributed by atoms with Crippen molar-refractivity contribution in [1.82, 2.24) is 20.0 Å². The molecule has 0 unspecified atom stereocenters. The van der Waals surface area contributed by atoms with E-state index >= 15 is 0 Å². The number of guanidine groups is 1. The van der Waals surface area contributed by atoms with Crippen molar-refractivity contribution < 1.29 is 9.47 Å². The first kappa shape index (κ1) is 21.8. The number of imidazole rings is 1. The van der Waals surface area contributed by atoms with E-state index in [2.05, 4.69) is 38.0 Å². The van der Waals surface area contributed by atoms with Gasteiger partial charge in [-0.15, -0.1) is 24.0 Å². The summed E-state index contributed by atoms with van der Waals surface area (Å²) in [5.74, 6) is 2.33. The number of fused-ring (bicyclic) bond motifs is 1. The summed E-state index contributed by atoms with van der Waals surface area (Å²) >= 11 is 0. The topological polar surface area (TPSA) is 72.2 Å². The minimum Gasteiger partial charge on any atom is -0.497 e. The number of hydrogen-bond acceptors (Lipinski definition) is 4. The summed E-state index contributed by atoms with van der Waals surface area (Å²) in [5, 5.41) is 6.50. The Morgan fingerprint density at radius 3 is 2.54 bits per heavy atom. The third-order valence-electron chi connectivity index (χ3n) is 4.13. The van der Waals surface area contributed by atoms with Crippen LogP contribution in [0.3, 0.4) is 0 Å². The highest BCUT2D eigenvalue weighted by molar-refractivity contribution is 14.0. The first-order valence-electron chi connectivity index (χ1n) is 8.84. The van der Waals surface area contributed by atoms with Gasteiger partial charge in [0.2, 0.25) is 0 Å². The Labute approximate surface area is 182 Å². The molecule has 3 aromatic rings. The molecule has 0 aliphatic heterocycles. The Balaban J connectivity index is 0.00000280. The molecule has 0 saturated heterocycles. The van der Waals surface area contributed by atoms with Gasteiger partial charge in [-0.3, -0.25) is 4.99 Å². The van der Waals surface area contributed by atoms with Gasteiger partial charge in [0.05, 0.1) is 25.9 Å². The number of pyridine rings is 1. The Hall–Kier alpha value is -2.49. The molecule has 150 valence electrons. The lowest BCUT2D eigenvalue weighted by Gasteiger charge is -2.12. The van der Waals surface area contributed by atoms with Crippen LogP contribution in [0.2, 0.25) is 0 Å². The van der Waals surface area contributed by atoms with E-state index in [9.17, 15) is 0 Å². The van der Waals surface area contributed by atoms with Crippen LogP contribution in [0.4, 0.5) is 0 Å². The number of halogens is 1. The van der Waals surface area contributed by atoms with Crippen molar-refractivity contribution in [3.05, 3.63) is 60.0 Å². The van der Waals surface area contributed by atoms with Gasteiger partial charge < -0.3 is 24.5 Å². The van der Waals surface area contributed by atoms with Gasteiger partial charge in [0, 0.05) is 18.9 Å². The summed E-state index contributed by atoms with van der Waals surface area (Å²) in [6, 6.07) is 13.6. The number of aromatic nitrogens is 2. The van der Waals surface area contributed by atoms with Crippen molar-refractivity contribution >= 4 is 35.6 Å². The molecule has 2 heterocycles. The Kier molecular flexibility index (Phi) is 8.37. The SMILES string of the molecule is CN=C(NCCOc1ccc(OC)cc1)NCc1cn2c(C)cccc2n1.I. The number of aliphatic imine (C=N–C) groups is 1. The fourth-order valence-electron chi connectivity index (χ4n) is 2.69. The van der Waals surface area contributed by atoms with Gasteiger partial charge >= 0.3 is 0 Å². The summed E-state index contributed by atoms with van der Waals surface area (Å²) in [7, 11) is 3.39. The van der Waals surface area contributed by atoms with Crippen LogP contribution in [0.5, 0.6) is 11.5 Å². The van der Waals surface area contributed by atoms with Crippen molar-refractivity contribution in [2.24, 2.45) is 4.99 Å². The second-order valence-electron chi connectivity index (χ2n) is 6.00. The molecule has 0 fully saturated rings. The normalized spacial score (nSPS) is 11.0. The maximum absolute atomic E-state index is 5.70. The monoisotopic (exact) mass is 495 g/mol. The molecule has 0 amide bonds. The molecule has 2 aromatic heterocycles. The smallest absolute Gasteiger partial charge is 0.191 e. The quantitative estimate of drug-likeness (QED) is 0.228. The van der Waals surface area contributed by atoms with Crippen LogP contribution in [0.15, 0.2) is 53.7 Å². The number of benzene rings is 1. The molecule has 0 aliphatic rings. The van der Waals surface area contributed by atoms with Gasteiger partial charge in [-0.1, -0.05) is 6.07 Å². The highest BCUT2D eigenvalue weighted by Crippen LogP contribution is 2.16. The van der Waals surface area contributed by atoms with E-state index in [-0.39, 0.29) is 24.0 Å². The minimum atomic E-state index is 0. The molecule has 0 bridgehead atoms. The van der Waals surface area contributed by atoms with Crippen LogP contribution >= 0.6 is 24.0 Å². The average Bonchev–Trinajstić information content (AvgIpc) is 3.12. The van der Waals surface area contributed by atoms with E-state index in [1.165, 1.54) is 0 Å². The van der Waals surface area contributed by atoms with Crippen molar-refractivity contribution in [3.63, 3.8) is 0 Å². The molecular weight excluding hydrogens is 469 g/mol. The number of ether oxygens (including phenoxy) is 2. The zero-order chi connectivity index (χ0) is 19.1. The molecule has 0 radical (unpaired) electrons. The first-order valence-corrected chi connectivity index (χ1v) is 8.84. The highest BCUT2D eigenvalue weighted by Gasteiger charge is 2.04. The standard InChI is InChI=1S/C20H25N5O2.HI/c1-15-5-4-6-19-24-16(14-25(15)19)13-23-20(21-2)22-11-12-27-18-9-7-17(26-3)8-10-18;/h4-10,14H,11-13H2,1-3H3,(H2,21,22,23);1H. The molecule has 1 aromatic carbocycles. The maximum atomic E-state index is 5.70. The number of nitrogens with zero attached hydrogens (tertiary/aromatic N) is 3. The Morgan fingerprint density at radius 2 is 1.86 bits per heavy atom. The van der Waals surface area contributed by atoms with Crippen molar-refractivity contribution in [2.75, 3.05) is 27.3 Å². The van der Waals surface area contributed by atoms with Gasteiger partial charge in [-0.2, -0.15) is 0 Å². The van der Waals surface area contributed by atoms with Gasteiger partial charge in [-0.05, 0) is 43.3 Å². The molecule has 2 N–H and O–H groups in total. The molecule has 0 aliphatic carbocycles. The highest BCUT2D eigenvalue weighted by atomic mass is 127. The zero-order valence-corrected chi connectivity index (χ0v) is 18.6. The molecule has 0 spiro atoms. The predicted octanol–water partition coefficient (Wildman–Crippen LogP) is 3.01. The number of aryl methyl sites for hydroxylation is 1. The average molecular weight is 495 g/mol. The minimum absolute atomic E-state index is 0. The lowest BCUT2D eigenvalue weighted by Crippen LogP contribution is -2.38. The van der Waals surface area contributed by atoms with Crippen LogP contribution in [-0.2, 0) is 6.54 Å². The third kappa shape index (κ3) is 5.75. The van der Waals surface area contributed by atoms with Crippen LogP contribution in [0, 0.1) is 6.92 Å². The lowest BCUT2D eigenvalue weighted by molar-refractivity contribution is 0.321. The van der Waals surface area contributed by atoms with Crippen LogP contribution in [-0.4, -0.2) is 42.7 Å². The van der Waals surface area contributed by atoms with Gasteiger partial charge in [0.25, 0.3) is 0 Å². The van der Waals surface area contributed by atoms with Gasteiger partial charge in [-0.25, -0.2) is 4.98 Å². The molecule has 8 heteroatoms. The molecule has 0 saturated carbocycles. The van der Waals surface area contributed by atoms with Crippen LogP contribution in [0.25, 0.3) is 5.65 Å². The van der Waals surface area contributed by atoms with E-state index in [4.69, 9.17) is 9.47 Å². The fourth-order valence-corrected chi connectivity index (χ4v) is 2.69. The number of rotatable bonds is 7. The van der Waals surface area contributed by atoms with Crippen molar-refractivity contribution in [3.8, 4) is 11.5 Å². The van der Waals surface area contributed by atoms with E-state index in [0.717, 1.165) is 28.5 Å². The van der Waals surface area contributed by atoms with Crippen LogP contribution < -0.4 is 20.1 Å². The maximum Gasteiger partial charge on any atom is 0.191 e. The third-order valence-corrected chi connectivity index (χ3v) is 4.13. The van der Waals surface area contributed by atoms with E-state index in [0.29, 0.717) is 25.7 Å². The van der Waals surface area contributed by atoms with E-state index in [1.807, 2.05) is 42.6 Å². The first-order chi connectivity index (χ1) is 13.2. The number of hydrogen-bond donors (Lipinski definition) is 2. The molecule has 7 nitrogen and oxygen atoms in total. The molecule has 3 rings (SSSR count). The largest absolute Gasteiger partial charge is 0.497 e. The zero-order valence-electron chi connectivity index (χ0n) is 16.3. The molecule has 28 heavy (non-hydrogen) atoms. The second-order valence-corrected chi connectivity index (χ2v) is 6.00. The number of nitrogens with one attached hydrogen (secondary N) is 2. The summed E-state index contributed by atoms with van der Waals surface area (Å²) < 4.78 is 12.9. The molecule has 0 atom stereocenters. The fraction of sp³-hybridized carbons (Fsp3) is 0.300. The van der Waals surface area contributed by atoms with Gasteiger partial charge in [0.1, 0.15) is 23.8 Å². The Morgan fingerprint density at radius 1 is 1.11 bits per heavy atom. The van der Waals surface area contributed by atoms with E-state index < -0.39 is 0 Å². The molecular formula is C20H26IN5O2. The summed E-state index contributed by atoms with van der Waals surface area (Å²) in [6.07, 6.45) is 2.04. The van der Waals surface area contributed by atoms with Crippen molar-refractivity contribution in [1.29, 1.82) is 0 Å².